The minimum absolute atomic E-state index is 0.0176. The Hall–Kier alpha value is -2.57. The smallest absolute Gasteiger partial charge is 0.306 e. The third-order valence-corrected chi connectivity index (χ3v) is 8.17. The molecule has 178 valence electrons. The summed E-state index contributed by atoms with van der Waals surface area (Å²) in [6.45, 7) is 2.74. The number of rotatable bonds is 8. The second-order valence-corrected chi connectivity index (χ2v) is 10.5. The van der Waals surface area contributed by atoms with Crippen LogP contribution in [0, 0.1) is 23.2 Å². The van der Waals surface area contributed by atoms with E-state index >= 15 is 0 Å². The Balaban J connectivity index is 1.05. The molecule has 4 fully saturated rings. The zero-order valence-electron chi connectivity index (χ0n) is 19.3. The number of fused-ring (bicyclic) bond motifs is 1. The van der Waals surface area contributed by atoms with E-state index in [0.29, 0.717) is 30.3 Å². The van der Waals surface area contributed by atoms with Crippen molar-refractivity contribution in [3.05, 3.63) is 23.8 Å². The number of ether oxygens (including phenoxy) is 3. The molecule has 0 radical (unpaired) electrons. The van der Waals surface area contributed by atoms with Gasteiger partial charge in [0.25, 0.3) is 5.91 Å². The Morgan fingerprint density at radius 3 is 2.30 bits per heavy atom. The molecule has 0 saturated heterocycles. The van der Waals surface area contributed by atoms with Gasteiger partial charge >= 0.3 is 5.97 Å². The number of nitrogens with one attached hydrogen (secondary N) is 1. The Kier molecular flexibility index (Phi) is 6.06. The first-order valence-corrected chi connectivity index (χ1v) is 12.3. The summed E-state index contributed by atoms with van der Waals surface area (Å²) in [5, 5.41) is 3.10. The van der Waals surface area contributed by atoms with Crippen molar-refractivity contribution in [2.75, 3.05) is 19.8 Å². The second-order valence-electron chi connectivity index (χ2n) is 10.5. The van der Waals surface area contributed by atoms with Gasteiger partial charge in [-0.15, -0.1) is 0 Å². The van der Waals surface area contributed by atoms with Crippen LogP contribution < -0.4 is 14.8 Å². The van der Waals surface area contributed by atoms with E-state index in [1.54, 1.807) is 18.2 Å². The lowest BCUT2D eigenvalue weighted by Crippen LogP contribution is -2.56. The molecule has 1 aliphatic heterocycles. The van der Waals surface area contributed by atoms with Gasteiger partial charge in [-0.2, -0.15) is 0 Å². The van der Waals surface area contributed by atoms with Crippen LogP contribution in [0.3, 0.4) is 0 Å². The number of amides is 1. The number of Topliss-reactive ketones (excluding diaryl/α,β-unsaturated/α-hetero) is 1. The van der Waals surface area contributed by atoms with Gasteiger partial charge in [0.05, 0.1) is 6.42 Å². The molecule has 5 aliphatic rings. The highest BCUT2D eigenvalue weighted by atomic mass is 16.6. The number of hydrogen-bond donors (Lipinski definition) is 1. The van der Waals surface area contributed by atoms with Gasteiger partial charge in [0, 0.05) is 18.0 Å². The first kappa shape index (κ1) is 22.2. The van der Waals surface area contributed by atoms with Gasteiger partial charge in [0.15, 0.2) is 23.9 Å². The van der Waals surface area contributed by atoms with Gasteiger partial charge in [-0.05, 0) is 86.8 Å². The summed E-state index contributed by atoms with van der Waals surface area (Å²) in [7, 11) is 0. The Morgan fingerprint density at radius 2 is 1.64 bits per heavy atom. The Labute approximate surface area is 194 Å². The fourth-order valence-corrected chi connectivity index (χ4v) is 6.94. The lowest BCUT2D eigenvalue weighted by molar-refractivity contribution is -0.149. The van der Waals surface area contributed by atoms with E-state index in [9.17, 15) is 14.4 Å². The van der Waals surface area contributed by atoms with Gasteiger partial charge in [-0.1, -0.05) is 0 Å². The number of hydrogen-bond acceptors (Lipinski definition) is 6. The predicted octanol–water partition coefficient (Wildman–Crippen LogP) is 3.69. The van der Waals surface area contributed by atoms with Crippen molar-refractivity contribution in [2.24, 2.45) is 23.2 Å². The summed E-state index contributed by atoms with van der Waals surface area (Å²) in [6, 6.07) is 5.10. The van der Waals surface area contributed by atoms with E-state index in [4.69, 9.17) is 14.2 Å². The van der Waals surface area contributed by atoms with Crippen molar-refractivity contribution in [3.8, 4) is 11.5 Å². The molecule has 6 rings (SSSR count). The van der Waals surface area contributed by atoms with Crippen LogP contribution >= 0.6 is 0 Å². The normalized spacial score (nSPS) is 29.9. The summed E-state index contributed by atoms with van der Waals surface area (Å²) in [5.41, 5.74) is 0.680. The molecular weight excluding hydrogens is 422 g/mol. The van der Waals surface area contributed by atoms with Crippen molar-refractivity contribution < 1.29 is 28.6 Å². The monoisotopic (exact) mass is 455 g/mol. The summed E-state index contributed by atoms with van der Waals surface area (Å²) >= 11 is 0. The van der Waals surface area contributed by atoms with E-state index < -0.39 is 5.97 Å². The second kappa shape index (κ2) is 8.99. The summed E-state index contributed by atoms with van der Waals surface area (Å²) < 4.78 is 16.1. The van der Waals surface area contributed by atoms with E-state index in [1.165, 1.54) is 38.5 Å². The first-order valence-electron chi connectivity index (χ1n) is 12.3. The zero-order chi connectivity index (χ0) is 23.0. The average Bonchev–Trinajstić information content (AvgIpc) is 2.80. The van der Waals surface area contributed by atoms with Crippen LogP contribution in [0.4, 0.5) is 0 Å². The van der Waals surface area contributed by atoms with Gasteiger partial charge in [-0.25, -0.2) is 0 Å². The summed E-state index contributed by atoms with van der Waals surface area (Å²) in [6.07, 6.45) is 7.68. The lowest BCUT2D eigenvalue weighted by Gasteiger charge is -2.59. The maximum Gasteiger partial charge on any atom is 0.306 e. The molecule has 1 aromatic carbocycles. The molecule has 0 aromatic heterocycles. The molecule has 7 nitrogen and oxygen atoms in total. The third-order valence-electron chi connectivity index (χ3n) is 8.17. The molecule has 4 aliphatic carbocycles. The lowest BCUT2D eigenvalue weighted by atomic mass is 9.48. The van der Waals surface area contributed by atoms with Crippen molar-refractivity contribution in [1.82, 2.24) is 5.32 Å². The molecule has 0 spiro atoms. The minimum atomic E-state index is -0.543. The van der Waals surface area contributed by atoms with Crippen LogP contribution in [0.1, 0.15) is 68.6 Å². The maximum absolute atomic E-state index is 12.5. The van der Waals surface area contributed by atoms with Crippen LogP contribution in [-0.4, -0.2) is 43.5 Å². The number of benzene rings is 1. The molecule has 4 bridgehead atoms. The van der Waals surface area contributed by atoms with E-state index in [0.717, 1.165) is 17.8 Å². The van der Waals surface area contributed by atoms with Crippen LogP contribution in [0.5, 0.6) is 11.5 Å². The fraction of sp³-hybridized carbons (Fsp3) is 0.654. The molecule has 7 heteroatoms. The molecule has 1 N–H and O–H groups in total. The molecule has 1 atom stereocenters. The molecule has 0 unspecified atom stereocenters. The molecule has 1 amide bonds. The van der Waals surface area contributed by atoms with Crippen molar-refractivity contribution in [3.63, 3.8) is 0 Å². The quantitative estimate of drug-likeness (QED) is 0.475. The predicted molar refractivity (Wildman–Crippen MR) is 120 cm³/mol. The fourth-order valence-electron chi connectivity index (χ4n) is 6.94. The number of carbonyl (C=O) groups excluding carboxylic acids is 3. The van der Waals surface area contributed by atoms with Crippen LogP contribution in [0.2, 0.25) is 0 Å². The molecule has 1 aromatic rings. The number of ketones is 1. The van der Waals surface area contributed by atoms with Crippen molar-refractivity contribution in [2.45, 2.75) is 64.3 Å². The van der Waals surface area contributed by atoms with E-state index in [-0.39, 0.29) is 42.6 Å². The largest absolute Gasteiger partial charge is 0.486 e. The highest BCUT2D eigenvalue weighted by Gasteiger charge is 2.53. The SMILES string of the molecule is C[C@H](NC(=O)COC(=O)CCC(=O)c1ccc2c(c1)OCCO2)C12CC3CC(CC(C3)C1)C2. The third kappa shape index (κ3) is 4.73. The first-order chi connectivity index (χ1) is 15.9. The van der Waals surface area contributed by atoms with Gasteiger partial charge < -0.3 is 19.5 Å². The highest BCUT2D eigenvalue weighted by Crippen LogP contribution is 2.61. The number of carbonyl (C=O) groups is 3. The minimum Gasteiger partial charge on any atom is -0.486 e. The van der Waals surface area contributed by atoms with Crippen molar-refractivity contribution >= 4 is 17.7 Å². The number of esters is 1. The van der Waals surface area contributed by atoms with Gasteiger partial charge in [-0.3, -0.25) is 14.4 Å². The van der Waals surface area contributed by atoms with Crippen LogP contribution in [0.15, 0.2) is 18.2 Å². The molecule has 4 saturated carbocycles. The highest BCUT2D eigenvalue weighted by molar-refractivity contribution is 5.98. The van der Waals surface area contributed by atoms with Crippen LogP contribution in [0.25, 0.3) is 0 Å². The van der Waals surface area contributed by atoms with Crippen molar-refractivity contribution in [1.29, 1.82) is 0 Å². The van der Waals surface area contributed by atoms with Gasteiger partial charge in [0.1, 0.15) is 13.2 Å². The topological polar surface area (TPSA) is 90.9 Å². The average molecular weight is 456 g/mol. The molecule has 1 heterocycles. The molecule has 33 heavy (non-hydrogen) atoms. The molecular formula is C26H33NO6. The van der Waals surface area contributed by atoms with Gasteiger partial charge in [0.2, 0.25) is 0 Å². The Bertz CT molecular complexity index is 905. The standard InChI is InChI=1S/C26H33NO6/c1-16(26-12-17-8-18(13-26)10-19(9-17)14-26)27-24(29)15-33-25(30)5-3-21(28)20-2-4-22-23(11-20)32-7-6-31-22/h2,4,11,16-19H,3,5-10,12-15H2,1H3,(H,27,29)/t16-,17?,18?,19?,26?/m0/s1. The zero-order valence-corrected chi connectivity index (χ0v) is 19.3. The maximum atomic E-state index is 12.5. The Morgan fingerprint density at radius 1 is 1.00 bits per heavy atom. The van der Waals surface area contributed by atoms with E-state index in [1.807, 2.05) is 0 Å². The van der Waals surface area contributed by atoms with Crippen LogP contribution in [-0.2, 0) is 14.3 Å². The summed E-state index contributed by atoms with van der Waals surface area (Å²) in [5.74, 6) is 2.64. The van der Waals surface area contributed by atoms with E-state index in [2.05, 4.69) is 12.2 Å². The summed E-state index contributed by atoms with van der Waals surface area (Å²) in [4.78, 5) is 37.0.